The van der Waals surface area contributed by atoms with Crippen molar-refractivity contribution in [1.29, 1.82) is 0 Å². The SMILES string of the molecule is CC(C)N(C)C.CC(C)N1CCC(N)CC1. The molecule has 0 spiro atoms. The lowest BCUT2D eigenvalue weighted by atomic mass is 10.1. The summed E-state index contributed by atoms with van der Waals surface area (Å²) in [6, 6.07) is 1.85. The van der Waals surface area contributed by atoms with Crippen LogP contribution in [-0.2, 0) is 0 Å². The number of nitrogens with two attached hydrogens (primary N) is 1. The number of likely N-dealkylation sites (tertiary alicyclic amines) is 1. The van der Waals surface area contributed by atoms with Crippen LogP contribution in [0.4, 0.5) is 0 Å². The van der Waals surface area contributed by atoms with E-state index in [1.165, 1.54) is 25.9 Å². The third-order valence-electron chi connectivity index (χ3n) is 3.34. The van der Waals surface area contributed by atoms with Crippen LogP contribution in [-0.4, -0.2) is 55.1 Å². The minimum Gasteiger partial charge on any atom is -0.328 e. The van der Waals surface area contributed by atoms with Crippen LogP contribution in [0.2, 0.25) is 0 Å². The number of hydrogen-bond acceptors (Lipinski definition) is 3. The molecule has 2 N–H and O–H groups in total. The molecule has 0 amide bonds. The highest BCUT2D eigenvalue weighted by molar-refractivity contribution is 4.75. The Bertz CT molecular complexity index is 153. The van der Waals surface area contributed by atoms with Gasteiger partial charge in [-0.05, 0) is 67.7 Å². The van der Waals surface area contributed by atoms with Crippen LogP contribution in [0.15, 0.2) is 0 Å². The van der Waals surface area contributed by atoms with Crippen LogP contribution in [0.25, 0.3) is 0 Å². The van der Waals surface area contributed by atoms with Gasteiger partial charge in [-0.15, -0.1) is 0 Å². The second kappa shape index (κ2) is 8.04. The van der Waals surface area contributed by atoms with Gasteiger partial charge in [0.15, 0.2) is 0 Å². The largest absolute Gasteiger partial charge is 0.328 e. The lowest BCUT2D eigenvalue weighted by molar-refractivity contribution is 0.173. The second-order valence-corrected chi connectivity index (χ2v) is 5.52. The van der Waals surface area contributed by atoms with Gasteiger partial charge in [0.1, 0.15) is 0 Å². The standard InChI is InChI=1S/C8H18N2.C5H13N/c1-7(2)10-5-3-8(9)4-6-10;1-5(2)6(3)4/h7-8H,3-6,9H2,1-2H3;5H,1-4H3. The van der Waals surface area contributed by atoms with E-state index in [-0.39, 0.29) is 0 Å². The molecule has 0 aromatic carbocycles. The maximum Gasteiger partial charge on any atom is 0.00631 e. The van der Waals surface area contributed by atoms with E-state index in [0.29, 0.717) is 18.1 Å². The van der Waals surface area contributed by atoms with Crippen molar-refractivity contribution in [3.8, 4) is 0 Å². The Labute approximate surface area is 102 Å². The molecule has 1 saturated heterocycles. The Kier molecular flexibility index (Phi) is 7.98. The van der Waals surface area contributed by atoms with Crippen LogP contribution < -0.4 is 5.73 Å². The molecule has 1 aliphatic rings. The summed E-state index contributed by atoms with van der Waals surface area (Å²) < 4.78 is 0. The van der Waals surface area contributed by atoms with Crippen LogP contribution >= 0.6 is 0 Å². The molecule has 0 atom stereocenters. The fraction of sp³-hybridized carbons (Fsp3) is 1.00. The number of hydrogen-bond donors (Lipinski definition) is 1. The number of rotatable bonds is 2. The summed E-state index contributed by atoms with van der Waals surface area (Å²) in [5.74, 6) is 0. The van der Waals surface area contributed by atoms with Crippen molar-refractivity contribution < 1.29 is 0 Å². The van der Waals surface area contributed by atoms with Gasteiger partial charge in [0, 0.05) is 18.1 Å². The highest BCUT2D eigenvalue weighted by Crippen LogP contribution is 2.10. The molecular formula is C13H31N3. The fourth-order valence-corrected chi connectivity index (χ4v) is 1.44. The molecule has 0 saturated carbocycles. The Morgan fingerprint density at radius 1 is 1.06 bits per heavy atom. The molecular weight excluding hydrogens is 198 g/mol. The highest BCUT2D eigenvalue weighted by atomic mass is 15.2. The summed E-state index contributed by atoms with van der Waals surface area (Å²) in [6.45, 7) is 11.2. The molecule has 3 nitrogen and oxygen atoms in total. The summed E-state index contributed by atoms with van der Waals surface area (Å²) in [5, 5.41) is 0. The first-order chi connectivity index (χ1) is 7.34. The van der Waals surface area contributed by atoms with Gasteiger partial charge in [0.25, 0.3) is 0 Å². The third-order valence-corrected chi connectivity index (χ3v) is 3.34. The monoisotopic (exact) mass is 229 g/mol. The highest BCUT2D eigenvalue weighted by Gasteiger charge is 2.17. The lowest BCUT2D eigenvalue weighted by Gasteiger charge is -2.32. The fourth-order valence-electron chi connectivity index (χ4n) is 1.44. The van der Waals surface area contributed by atoms with Crippen LogP contribution in [0, 0.1) is 0 Å². The van der Waals surface area contributed by atoms with Crippen LogP contribution in [0.1, 0.15) is 40.5 Å². The first-order valence-electron chi connectivity index (χ1n) is 6.50. The quantitative estimate of drug-likeness (QED) is 0.783. The molecule has 1 heterocycles. The van der Waals surface area contributed by atoms with Gasteiger partial charge in [0.05, 0.1) is 0 Å². The summed E-state index contributed by atoms with van der Waals surface area (Å²) in [7, 11) is 4.15. The zero-order chi connectivity index (χ0) is 12.7. The lowest BCUT2D eigenvalue weighted by Crippen LogP contribution is -2.42. The van der Waals surface area contributed by atoms with E-state index >= 15 is 0 Å². The van der Waals surface area contributed by atoms with Crippen molar-refractivity contribution in [1.82, 2.24) is 9.80 Å². The van der Waals surface area contributed by atoms with Gasteiger partial charge in [-0.2, -0.15) is 0 Å². The summed E-state index contributed by atoms with van der Waals surface area (Å²) in [4.78, 5) is 4.66. The zero-order valence-electron chi connectivity index (χ0n) is 12.0. The van der Waals surface area contributed by atoms with Crippen molar-refractivity contribution in [3.63, 3.8) is 0 Å². The van der Waals surface area contributed by atoms with E-state index in [1.54, 1.807) is 0 Å². The van der Waals surface area contributed by atoms with Crippen LogP contribution in [0.5, 0.6) is 0 Å². The van der Waals surface area contributed by atoms with E-state index in [2.05, 4.69) is 51.6 Å². The molecule has 16 heavy (non-hydrogen) atoms. The maximum atomic E-state index is 5.77. The van der Waals surface area contributed by atoms with Crippen molar-refractivity contribution in [3.05, 3.63) is 0 Å². The third kappa shape index (κ3) is 7.20. The van der Waals surface area contributed by atoms with Crippen molar-refractivity contribution in [2.45, 2.75) is 58.7 Å². The Morgan fingerprint density at radius 2 is 1.44 bits per heavy atom. The predicted molar refractivity (Wildman–Crippen MR) is 72.7 cm³/mol. The van der Waals surface area contributed by atoms with Gasteiger partial charge < -0.3 is 15.5 Å². The molecule has 1 rings (SSSR count). The first-order valence-corrected chi connectivity index (χ1v) is 6.50. The van der Waals surface area contributed by atoms with Crippen molar-refractivity contribution in [2.24, 2.45) is 5.73 Å². The predicted octanol–water partition coefficient (Wildman–Crippen LogP) is 1.77. The van der Waals surface area contributed by atoms with Crippen molar-refractivity contribution in [2.75, 3.05) is 27.2 Å². The van der Waals surface area contributed by atoms with Crippen LogP contribution in [0.3, 0.4) is 0 Å². The molecule has 98 valence electrons. The molecule has 0 unspecified atom stereocenters. The smallest absolute Gasteiger partial charge is 0.00631 e. The molecule has 0 bridgehead atoms. The summed E-state index contributed by atoms with van der Waals surface area (Å²) >= 11 is 0. The Morgan fingerprint density at radius 3 is 1.69 bits per heavy atom. The molecule has 0 aliphatic carbocycles. The van der Waals surface area contributed by atoms with Gasteiger partial charge in [-0.1, -0.05) is 0 Å². The Hall–Kier alpha value is -0.120. The molecule has 0 aromatic heterocycles. The molecule has 1 aliphatic heterocycles. The number of piperidine rings is 1. The Balaban J connectivity index is 0.000000325. The summed E-state index contributed by atoms with van der Waals surface area (Å²) in [5.41, 5.74) is 5.77. The van der Waals surface area contributed by atoms with E-state index in [4.69, 9.17) is 5.73 Å². The van der Waals surface area contributed by atoms with Crippen molar-refractivity contribution >= 4 is 0 Å². The molecule has 0 radical (unpaired) electrons. The average molecular weight is 229 g/mol. The second-order valence-electron chi connectivity index (χ2n) is 5.52. The van der Waals surface area contributed by atoms with Gasteiger partial charge >= 0.3 is 0 Å². The topological polar surface area (TPSA) is 32.5 Å². The zero-order valence-corrected chi connectivity index (χ0v) is 12.0. The van der Waals surface area contributed by atoms with Gasteiger partial charge in [-0.25, -0.2) is 0 Å². The van der Waals surface area contributed by atoms with E-state index in [0.717, 1.165) is 0 Å². The first kappa shape index (κ1) is 15.9. The molecule has 3 heteroatoms. The van der Waals surface area contributed by atoms with Gasteiger partial charge in [-0.3, -0.25) is 0 Å². The molecule has 0 aromatic rings. The minimum absolute atomic E-state index is 0.468. The average Bonchev–Trinajstić information content (AvgIpc) is 2.19. The van der Waals surface area contributed by atoms with Gasteiger partial charge in [0.2, 0.25) is 0 Å². The minimum atomic E-state index is 0.468. The van der Waals surface area contributed by atoms with E-state index < -0.39 is 0 Å². The van der Waals surface area contributed by atoms with E-state index in [1.807, 2.05) is 0 Å². The normalized spacial score (nSPS) is 19.1. The maximum absolute atomic E-state index is 5.77. The van der Waals surface area contributed by atoms with E-state index in [9.17, 15) is 0 Å². The molecule has 1 fully saturated rings. The summed E-state index contributed by atoms with van der Waals surface area (Å²) in [6.07, 6.45) is 2.36. The number of nitrogens with zero attached hydrogens (tertiary/aromatic N) is 2.